The van der Waals surface area contributed by atoms with Crippen molar-refractivity contribution in [3.8, 4) is 17.1 Å². The highest BCUT2D eigenvalue weighted by Crippen LogP contribution is 2.38. The number of carbonyl (C=O) groups is 1. The topological polar surface area (TPSA) is 87.4 Å². The molecule has 1 aliphatic carbocycles. The van der Waals surface area contributed by atoms with E-state index in [2.05, 4.69) is 15.7 Å². The second kappa shape index (κ2) is 8.02. The molecule has 0 spiro atoms. The summed E-state index contributed by atoms with van der Waals surface area (Å²) in [4.78, 5) is 14.2. The molecule has 0 unspecified atom stereocenters. The van der Waals surface area contributed by atoms with Crippen molar-refractivity contribution in [2.75, 3.05) is 0 Å². The fourth-order valence-corrected chi connectivity index (χ4v) is 5.77. The molecule has 0 amide bonds. The Bertz CT molecular complexity index is 1320. The molecule has 0 bridgehead atoms. The highest BCUT2D eigenvalue weighted by molar-refractivity contribution is 7.15. The molecular weight excluding hydrogens is 406 g/mol. The van der Waals surface area contributed by atoms with Gasteiger partial charge in [0.25, 0.3) is 5.91 Å². The summed E-state index contributed by atoms with van der Waals surface area (Å²) in [6, 6.07) is 8.22. The van der Waals surface area contributed by atoms with E-state index < -0.39 is 5.91 Å². The van der Waals surface area contributed by atoms with E-state index in [1.54, 1.807) is 30.4 Å². The van der Waals surface area contributed by atoms with Crippen LogP contribution in [0.2, 0.25) is 0 Å². The van der Waals surface area contributed by atoms with Gasteiger partial charge >= 0.3 is 0 Å². The Kier molecular flexibility index (Phi) is 5.39. The minimum Gasteiger partial charge on any atom is -0.308 e. The lowest BCUT2D eigenvalue weighted by Crippen LogP contribution is -2.15. The zero-order valence-electron chi connectivity index (χ0n) is 18.1. The van der Waals surface area contributed by atoms with Crippen LogP contribution in [-0.4, -0.2) is 20.3 Å². The second-order valence-corrected chi connectivity index (χ2v) is 9.06. The highest BCUT2D eigenvalue weighted by Gasteiger charge is 2.24. The van der Waals surface area contributed by atoms with Crippen molar-refractivity contribution in [3.05, 3.63) is 62.0 Å². The molecule has 0 radical (unpaired) electrons. The number of fused-ring (bicyclic) bond motifs is 1. The Labute approximate surface area is 185 Å². The maximum Gasteiger partial charge on any atom is 0.289 e. The molecule has 3 heterocycles. The number of aromatic nitrogens is 3. The van der Waals surface area contributed by atoms with Crippen molar-refractivity contribution in [1.29, 1.82) is 10.5 Å². The first-order valence-corrected chi connectivity index (χ1v) is 11.1. The summed E-state index contributed by atoms with van der Waals surface area (Å²) in [7, 11) is 0. The van der Waals surface area contributed by atoms with Crippen molar-refractivity contribution in [3.63, 3.8) is 0 Å². The Morgan fingerprint density at radius 3 is 2.52 bits per heavy atom. The number of nitriles is 2. The largest absolute Gasteiger partial charge is 0.308 e. The Morgan fingerprint density at radius 2 is 1.87 bits per heavy atom. The van der Waals surface area contributed by atoms with Crippen LogP contribution in [0.3, 0.4) is 0 Å². The zero-order valence-corrected chi connectivity index (χ0v) is 18.9. The number of aryl methyl sites for hydroxylation is 4. The smallest absolute Gasteiger partial charge is 0.289 e. The van der Waals surface area contributed by atoms with Crippen molar-refractivity contribution >= 4 is 23.3 Å². The van der Waals surface area contributed by atoms with Crippen LogP contribution in [0.1, 0.15) is 62.0 Å². The van der Waals surface area contributed by atoms with Gasteiger partial charge in [-0.05, 0) is 82.7 Å². The van der Waals surface area contributed by atoms with E-state index in [9.17, 15) is 15.3 Å². The van der Waals surface area contributed by atoms with E-state index in [4.69, 9.17) is 0 Å². The molecule has 156 valence electrons. The van der Waals surface area contributed by atoms with Gasteiger partial charge in [0.1, 0.15) is 22.7 Å². The molecule has 0 fully saturated rings. The van der Waals surface area contributed by atoms with Gasteiger partial charge in [-0.25, -0.2) is 4.68 Å². The Morgan fingerprint density at radius 1 is 1.13 bits per heavy atom. The van der Waals surface area contributed by atoms with Gasteiger partial charge in [-0.3, -0.25) is 4.79 Å². The van der Waals surface area contributed by atoms with E-state index >= 15 is 0 Å². The van der Waals surface area contributed by atoms with Crippen molar-refractivity contribution in [2.45, 2.75) is 53.4 Å². The predicted octanol–water partition coefficient (Wildman–Crippen LogP) is 4.97. The van der Waals surface area contributed by atoms with Gasteiger partial charge in [-0.15, -0.1) is 11.3 Å². The van der Waals surface area contributed by atoms with Gasteiger partial charge in [0, 0.05) is 22.0 Å². The van der Waals surface area contributed by atoms with Crippen molar-refractivity contribution < 1.29 is 4.79 Å². The molecule has 7 heteroatoms. The van der Waals surface area contributed by atoms with E-state index in [1.807, 2.05) is 32.9 Å². The first-order chi connectivity index (χ1) is 14.8. The molecular formula is C24H23N5OS. The van der Waals surface area contributed by atoms with E-state index in [0.717, 1.165) is 58.9 Å². The van der Waals surface area contributed by atoms with Crippen molar-refractivity contribution in [2.24, 2.45) is 0 Å². The molecule has 1 aliphatic rings. The molecule has 0 saturated carbocycles. The number of thiophene rings is 1. The number of allylic oxidation sites excluding steroid dienone is 1. The lowest BCUT2D eigenvalue weighted by atomic mass is 9.96. The quantitative estimate of drug-likeness (QED) is 0.434. The third-order valence-electron chi connectivity index (χ3n) is 5.79. The molecule has 0 aliphatic heterocycles. The molecule has 31 heavy (non-hydrogen) atoms. The van der Waals surface area contributed by atoms with Gasteiger partial charge in [0.15, 0.2) is 0 Å². The van der Waals surface area contributed by atoms with Crippen LogP contribution < -0.4 is 0 Å². The minimum absolute atomic E-state index is 0.0254. The lowest BCUT2D eigenvalue weighted by molar-refractivity contribution is 0.0943. The average Bonchev–Trinajstić information content (AvgIpc) is 3.37. The third-order valence-corrected chi connectivity index (χ3v) is 7.07. The standard InChI is InChI=1S/C24H23N5OS/c1-14-9-16(3)29(27-14)23(30)19(12-25)11-18-10-15(2)28(17(18)4)24-21(13-26)20-7-5-6-8-22(20)31-24/h9-11H,5-8H2,1-4H3/b19-11+. The van der Waals surface area contributed by atoms with Gasteiger partial charge in [-0.2, -0.15) is 15.6 Å². The molecule has 0 atom stereocenters. The van der Waals surface area contributed by atoms with Crippen LogP contribution in [0, 0.1) is 50.4 Å². The summed E-state index contributed by atoms with van der Waals surface area (Å²) >= 11 is 1.69. The number of nitrogens with zero attached hydrogens (tertiary/aromatic N) is 5. The van der Waals surface area contributed by atoms with Crippen LogP contribution >= 0.6 is 11.3 Å². The lowest BCUT2D eigenvalue weighted by Gasteiger charge is -2.10. The first kappa shape index (κ1) is 20.8. The van der Waals surface area contributed by atoms with E-state index in [1.165, 1.54) is 15.1 Å². The predicted molar refractivity (Wildman–Crippen MR) is 120 cm³/mol. The fraction of sp³-hybridized carbons (Fsp3) is 0.333. The normalized spacial score (nSPS) is 13.5. The van der Waals surface area contributed by atoms with Crippen LogP contribution in [-0.2, 0) is 12.8 Å². The number of hydrogen-bond donors (Lipinski definition) is 0. The first-order valence-electron chi connectivity index (χ1n) is 10.3. The van der Waals surface area contributed by atoms with Crippen LogP contribution in [0.5, 0.6) is 0 Å². The van der Waals surface area contributed by atoms with E-state index in [0.29, 0.717) is 5.69 Å². The number of hydrogen-bond acceptors (Lipinski definition) is 5. The summed E-state index contributed by atoms with van der Waals surface area (Å²) in [5.41, 5.74) is 6.06. The third kappa shape index (κ3) is 3.52. The highest BCUT2D eigenvalue weighted by atomic mass is 32.1. The second-order valence-electron chi connectivity index (χ2n) is 7.98. The maximum absolute atomic E-state index is 12.9. The molecule has 0 saturated heterocycles. The fourth-order valence-electron chi connectivity index (χ4n) is 4.32. The van der Waals surface area contributed by atoms with Gasteiger partial charge in [-0.1, -0.05) is 0 Å². The maximum atomic E-state index is 12.9. The van der Waals surface area contributed by atoms with Gasteiger partial charge in [0.2, 0.25) is 0 Å². The van der Waals surface area contributed by atoms with Crippen LogP contribution in [0.25, 0.3) is 11.1 Å². The molecule has 6 nitrogen and oxygen atoms in total. The molecule has 0 N–H and O–H groups in total. The van der Waals surface area contributed by atoms with E-state index in [-0.39, 0.29) is 5.57 Å². The van der Waals surface area contributed by atoms with Crippen LogP contribution in [0.4, 0.5) is 0 Å². The zero-order chi connectivity index (χ0) is 22.3. The van der Waals surface area contributed by atoms with Crippen LogP contribution in [0.15, 0.2) is 17.7 Å². The molecule has 0 aromatic carbocycles. The molecule has 4 rings (SSSR count). The summed E-state index contributed by atoms with van der Waals surface area (Å²) in [6.07, 6.45) is 5.88. The summed E-state index contributed by atoms with van der Waals surface area (Å²) in [6.45, 7) is 7.55. The van der Waals surface area contributed by atoms with Gasteiger partial charge < -0.3 is 4.57 Å². The van der Waals surface area contributed by atoms with Crippen molar-refractivity contribution in [1.82, 2.24) is 14.3 Å². The monoisotopic (exact) mass is 429 g/mol. The molecule has 3 aromatic heterocycles. The molecule has 3 aromatic rings. The minimum atomic E-state index is -0.442. The summed E-state index contributed by atoms with van der Waals surface area (Å²) < 4.78 is 3.35. The van der Waals surface area contributed by atoms with Gasteiger partial charge in [0.05, 0.1) is 11.3 Å². The SMILES string of the molecule is Cc1cc(C)n(C(=O)/C(C#N)=C/c2cc(C)n(-c3sc4c(c3C#N)CCCC4)c2C)n1. The Balaban J connectivity index is 1.80. The Hall–Kier alpha value is -3.42. The number of rotatable bonds is 3. The summed E-state index contributed by atoms with van der Waals surface area (Å²) in [5.74, 6) is -0.442. The summed E-state index contributed by atoms with van der Waals surface area (Å²) in [5, 5.41) is 24.7. The average molecular weight is 430 g/mol. The number of carbonyl (C=O) groups excluding carboxylic acids is 1.